The van der Waals surface area contributed by atoms with E-state index in [0.717, 1.165) is 80.1 Å². The molecule has 0 radical (unpaired) electrons. The average Bonchev–Trinajstić information content (AvgIpc) is 3.91. The Hall–Kier alpha value is -2.44. The van der Waals surface area contributed by atoms with Crippen molar-refractivity contribution in [2.24, 2.45) is 29.6 Å². The van der Waals surface area contributed by atoms with Gasteiger partial charge in [0.25, 0.3) is 0 Å². The molecule has 1 N–H and O–H groups in total. The third kappa shape index (κ3) is 8.44. The van der Waals surface area contributed by atoms with Crippen LogP contribution in [0.1, 0.15) is 122 Å². The summed E-state index contributed by atoms with van der Waals surface area (Å²) in [7, 11) is -3.63. The van der Waals surface area contributed by atoms with E-state index < -0.39 is 15.3 Å². The molecule has 5 unspecified atom stereocenters. The van der Waals surface area contributed by atoms with Gasteiger partial charge in [0.05, 0.1) is 23.2 Å². The molecule has 2 aliphatic heterocycles. The topological polar surface area (TPSA) is 58.6 Å². The number of aryl methyl sites for hydroxylation is 1. The van der Waals surface area contributed by atoms with Gasteiger partial charge in [0, 0.05) is 29.1 Å². The highest BCUT2D eigenvalue weighted by Gasteiger charge is 2.42. The van der Waals surface area contributed by atoms with Crippen LogP contribution in [0.15, 0.2) is 54.6 Å². The number of nitrogens with one attached hydrogen (secondary N) is 1. The molecule has 50 heavy (non-hydrogen) atoms. The molecule has 0 amide bonds. The summed E-state index contributed by atoms with van der Waals surface area (Å²) < 4.78 is 38.6. The first-order chi connectivity index (χ1) is 24.0. The van der Waals surface area contributed by atoms with E-state index in [0.29, 0.717) is 36.0 Å². The zero-order chi connectivity index (χ0) is 35.5. The largest absolute Gasteiger partial charge is 0.490 e. The van der Waals surface area contributed by atoms with Crippen LogP contribution in [-0.4, -0.2) is 33.4 Å². The van der Waals surface area contributed by atoms with Crippen molar-refractivity contribution in [1.82, 2.24) is 4.72 Å². The van der Waals surface area contributed by atoms with Crippen molar-refractivity contribution in [3.05, 3.63) is 76.3 Å². The van der Waals surface area contributed by atoms with Crippen molar-refractivity contribution in [2.75, 3.05) is 24.6 Å². The fraction of sp³-hybridized carbons (Fsp3) is 0.628. The molecule has 7 heteroatoms. The maximum atomic E-state index is 14.3. The standard InChI is InChI=1S/C43H61ClN2O3S/c1-6-9-14-32-15-10-13-30(4)42(24-31-16-17-31)50(47,48)45-39(12-8-3)34-19-23-41-40(26-34)46(27-35-18-21-37(32)35)28-43(5,29-49-41)38-22-20-36(44)25-33(38)11-7-2/h10,12,15,19-20,22-23,25-26,30-32,35,37,42,45H,6-9,11,13-14,16-18,21,24,27-29H2,1-5H3/b15-10-,39-12+/t30?,32?,35?,37?,42-,43?/m0/s1. The molecular formula is C43H61ClN2O3S. The van der Waals surface area contributed by atoms with E-state index in [1.165, 1.54) is 43.2 Å². The Labute approximate surface area is 308 Å². The molecule has 0 saturated heterocycles. The monoisotopic (exact) mass is 720 g/mol. The molecule has 2 bridgehead atoms. The minimum atomic E-state index is -3.63. The fourth-order valence-corrected chi connectivity index (χ4v) is 11.1. The summed E-state index contributed by atoms with van der Waals surface area (Å²) in [6.45, 7) is 13.4. The van der Waals surface area contributed by atoms with Gasteiger partial charge < -0.3 is 9.64 Å². The average molecular weight is 721 g/mol. The van der Waals surface area contributed by atoms with E-state index in [1.807, 2.05) is 18.2 Å². The Morgan fingerprint density at radius 3 is 2.58 bits per heavy atom. The van der Waals surface area contributed by atoms with Crippen molar-refractivity contribution in [3.63, 3.8) is 0 Å². The summed E-state index contributed by atoms with van der Waals surface area (Å²) in [5.74, 6) is 3.20. The van der Waals surface area contributed by atoms with Crippen LogP contribution < -0.4 is 14.4 Å². The molecule has 2 aliphatic carbocycles. The zero-order valence-corrected chi connectivity index (χ0v) is 32.8. The third-order valence-electron chi connectivity index (χ3n) is 12.2. The highest BCUT2D eigenvalue weighted by molar-refractivity contribution is 7.90. The van der Waals surface area contributed by atoms with Gasteiger partial charge in [-0.25, -0.2) is 8.42 Å². The minimum Gasteiger partial charge on any atom is -0.490 e. The molecule has 0 spiro atoms. The van der Waals surface area contributed by atoms with Crippen LogP contribution in [0, 0.1) is 29.6 Å². The van der Waals surface area contributed by atoms with Crippen LogP contribution in [0.4, 0.5) is 5.69 Å². The lowest BCUT2D eigenvalue weighted by molar-refractivity contribution is 0.123. The van der Waals surface area contributed by atoms with Gasteiger partial charge in [0.2, 0.25) is 10.0 Å². The number of sulfonamides is 1. The van der Waals surface area contributed by atoms with Crippen molar-refractivity contribution in [1.29, 1.82) is 0 Å². The van der Waals surface area contributed by atoms with E-state index >= 15 is 0 Å². The lowest BCUT2D eigenvalue weighted by atomic mass is 9.65. The summed E-state index contributed by atoms with van der Waals surface area (Å²) in [6, 6.07) is 12.7. The number of hydrogen-bond acceptors (Lipinski definition) is 4. The third-order valence-corrected chi connectivity index (χ3v) is 14.3. The summed E-state index contributed by atoms with van der Waals surface area (Å²) in [5.41, 5.74) is 5.01. The zero-order valence-electron chi connectivity index (χ0n) is 31.2. The Morgan fingerprint density at radius 2 is 1.88 bits per heavy atom. The number of rotatable bonds is 9. The molecule has 2 heterocycles. The highest BCUT2D eigenvalue weighted by atomic mass is 35.5. The summed E-state index contributed by atoms with van der Waals surface area (Å²) in [6.07, 6.45) is 19.6. The van der Waals surface area contributed by atoms with Gasteiger partial charge in [-0.2, -0.15) is 0 Å². The Morgan fingerprint density at radius 1 is 1.06 bits per heavy atom. The molecule has 5 nitrogen and oxygen atoms in total. The molecule has 2 aromatic carbocycles. The number of allylic oxidation sites excluding steroid dienone is 3. The van der Waals surface area contributed by atoms with Crippen LogP contribution in [-0.2, 0) is 21.9 Å². The Bertz CT molecular complexity index is 1650. The van der Waals surface area contributed by atoms with E-state index in [2.05, 4.69) is 80.7 Å². The molecular weight excluding hydrogens is 660 g/mol. The number of halogens is 1. The number of nitrogens with zero attached hydrogens (tertiary/aromatic N) is 1. The maximum Gasteiger partial charge on any atom is 0.235 e. The molecule has 2 aromatic rings. The van der Waals surface area contributed by atoms with Gasteiger partial charge >= 0.3 is 0 Å². The number of hydrogen-bond donors (Lipinski definition) is 1. The first-order valence-corrected chi connectivity index (χ1v) is 21.7. The predicted molar refractivity (Wildman–Crippen MR) is 211 cm³/mol. The van der Waals surface area contributed by atoms with Crippen LogP contribution in [0.3, 0.4) is 0 Å². The SMILES string of the molecule is CC/C=C1/NS(=O)(=O)[C@@H](CC2CC2)C(C)C/C=C\C(CCCC)C2CCC2CN2CC(C)(c3ccc(Cl)cc3CCC)COc3ccc1cc32. The van der Waals surface area contributed by atoms with Gasteiger partial charge in [-0.3, -0.25) is 4.72 Å². The highest BCUT2D eigenvalue weighted by Crippen LogP contribution is 2.47. The summed E-state index contributed by atoms with van der Waals surface area (Å²) >= 11 is 6.55. The molecule has 6 rings (SSSR count). The number of anilines is 1. The number of fused-ring (bicyclic) bond motifs is 2. The van der Waals surface area contributed by atoms with Crippen LogP contribution in [0.25, 0.3) is 5.70 Å². The Kier molecular flexibility index (Phi) is 12.0. The molecule has 274 valence electrons. The summed E-state index contributed by atoms with van der Waals surface area (Å²) in [4.78, 5) is 2.59. The number of unbranched alkanes of at least 4 members (excludes halogenated alkanes) is 1. The maximum absolute atomic E-state index is 14.3. The van der Waals surface area contributed by atoms with Crippen molar-refractivity contribution in [3.8, 4) is 5.75 Å². The minimum absolute atomic E-state index is 0.0447. The second-order valence-corrected chi connectivity index (χ2v) is 18.6. The van der Waals surface area contributed by atoms with Gasteiger partial charge in [-0.15, -0.1) is 0 Å². The van der Waals surface area contributed by atoms with Crippen molar-refractivity contribution in [2.45, 2.75) is 122 Å². The van der Waals surface area contributed by atoms with E-state index in [1.54, 1.807) is 0 Å². The molecule has 0 aromatic heterocycles. The van der Waals surface area contributed by atoms with Crippen LogP contribution in [0.2, 0.25) is 5.02 Å². The second-order valence-electron chi connectivity index (χ2n) is 16.3. The molecule has 2 saturated carbocycles. The van der Waals surface area contributed by atoms with E-state index in [-0.39, 0.29) is 11.3 Å². The Balaban J connectivity index is 1.44. The van der Waals surface area contributed by atoms with E-state index in [9.17, 15) is 8.42 Å². The quantitative estimate of drug-likeness (QED) is 0.262. The molecule has 2 fully saturated rings. The van der Waals surface area contributed by atoms with Gasteiger partial charge in [0.15, 0.2) is 0 Å². The van der Waals surface area contributed by atoms with Gasteiger partial charge in [0.1, 0.15) is 5.75 Å². The first kappa shape index (κ1) is 37.3. The normalized spacial score (nSPS) is 31.1. The smallest absolute Gasteiger partial charge is 0.235 e. The van der Waals surface area contributed by atoms with Crippen molar-refractivity contribution < 1.29 is 13.2 Å². The molecule has 6 atom stereocenters. The molecule has 4 aliphatic rings. The van der Waals surface area contributed by atoms with Crippen LogP contribution >= 0.6 is 11.6 Å². The van der Waals surface area contributed by atoms with Crippen molar-refractivity contribution >= 4 is 33.0 Å². The number of benzene rings is 2. The summed E-state index contributed by atoms with van der Waals surface area (Å²) in [5, 5.41) is 0.361. The second kappa shape index (κ2) is 16.1. The fourth-order valence-electron chi connectivity index (χ4n) is 8.98. The van der Waals surface area contributed by atoms with Gasteiger partial charge in [-0.05, 0) is 116 Å². The predicted octanol–water partition coefficient (Wildman–Crippen LogP) is 10.7. The lowest BCUT2D eigenvalue weighted by Gasteiger charge is -2.45. The first-order valence-electron chi connectivity index (χ1n) is 19.7. The van der Waals surface area contributed by atoms with E-state index in [4.69, 9.17) is 16.3 Å². The van der Waals surface area contributed by atoms with Crippen LogP contribution in [0.5, 0.6) is 5.75 Å². The number of ether oxygens (including phenoxy) is 1. The lowest BCUT2D eigenvalue weighted by Crippen LogP contribution is -2.47. The van der Waals surface area contributed by atoms with Gasteiger partial charge in [-0.1, -0.05) is 103 Å².